The van der Waals surface area contributed by atoms with Crippen LogP contribution in [-0.2, 0) is 0 Å². The number of aryl methyl sites for hydroxylation is 1. The van der Waals surface area contributed by atoms with Crippen molar-refractivity contribution in [3.63, 3.8) is 0 Å². The molecule has 0 aliphatic heterocycles. The van der Waals surface area contributed by atoms with Crippen LogP contribution >= 0.6 is 0 Å². The second-order valence-corrected chi connectivity index (χ2v) is 6.63. The molecule has 0 bridgehead atoms. The van der Waals surface area contributed by atoms with Crippen LogP contribution in [0.4, 0.5) is 11.5 Å². The minimum absolute atomic E-state index is 0.354. The van der Waals surface area contributed by atoms with E-state index in [-0.39, 0.29) is 0 Å². The van der Waals surface area contributed by atoms with Crippen LogP contribution in [0.2, 0.25) is 0 Å². The molecule has 19 heavy (non-hydrogen) atoms. The molecule has 4 nitrogen and oxygen atoms in total. The minimum atomic E-state index is -0.632. The molecular weight excluding hydrogens is 238 g/mol. The fraction of sp³-hybridized carbons (Fsp3) is 0.667. The predicted octanol–water partition coefficient (Wildman–Crippen LogP) is 2.72. The number of aliphatic hydroxyl groups is 1. The molecule has 0 radical (unpaired) electrons. The Morgan fingerprint density at radius 3 is 2.58 bits per heavy atom. The lowest BCUT2D eigenvalue weighted by molar-refractivity contribution is -0.0145. The van der Waals surface area contributed by atoms with Crippen LogP contribution in [0.5, 0.6) is 0 Å². The van der Waals surface area contributed by atoms with E-state index in [9.17, 15) is 5.11 Å². The van der Waals surface area contributed by atoms with Crippen molar-refractivity contribution in [2.24, 2.45) is 5.41 Å². The molecule has 2 rings (SSSR count). The average Bonchev–Trinajstić information content (AvgIpc) is 2.36. The molecule has 1 aliphatic rings. The van der Waals surface area contributed by atoms with Gasteiger partial charge in [0.1, 0.15) is 5.82 Å². The molecule has 0 saturated heterocycles. The van der Waals surface area contributed by atoms with Crippen LogP contribution in [-0.4, -0.2) is 22.2 Å². The van der Waals surface area contributed by atoms with Gasteiger partial charge in [-0.05, 0) is 49.7 Å². The van der Waals surface area contributed by atoms with Crippen molar-refractivity contribution in [2.75, 3.05) is 17.6 Å². The third-order valence-corrected chi connectivity index (χ3v) is 4.33. The molecule has 1 aromatic heterocycles. The number of anilines is 2. The highest BCUT2D eigenvalue weighted by atomic mass is 16.3. The first-order valence-electron chi connectivity index (χ1n) is 6.99. The van der Waals surface area contributed by atoms with Gasteiger partial charge >= 0.3 is 0 Å². The molecule has 1 fully saturated rings. The zero-order chi connectivity index (χ0) is 14.1. The standard InChI is InChI=1S/C15H25N3O/c1-11-4-9-17-13(12(11)16)18-10-15(19)7-5-14(2,3)6-8-15/h4,9,19H,5-8,10,16H2,1-3H3,(H,17,18). The van der Waals surface area contributed by atoms with Crippen molar-refractivity contribution in [2.45, 2.75) is 52.1 Å². The number of nitrogens with zero attached hydrogens (tertiary/aromatic N) is 1. The largest absolute Gasteiger partial charge is 0.396 e. The molecule has 1 saturated carbocycles. The van der Waals surface area contributed by atoms with Crippen molar-refractivity contribution >= 4 is 11.5 Å². The summed E-state index contributed by atoms with van der Waals surface area (Å²) >= 11 is 0. The van der Waals surface area contributed by atoms with Gasteiger partial charge in [0.05, 0.1) is 11.3 Å². The molecule has 0 atom stereocenters. The molecule has 0 amide bonds. The van der Waals surface area contributed by atoms with E-state index in [1.807, 2.05) is 13.0 Å². The number of hydrogen-bond donors (Lipinski definition) is 3. The molecule has 0 spiro atoms. The van der Waals surface area contributed by atoms with E-state index < -0.39 is 5.60 Å². The number of aromatic nitrogens is 1. The molecule has 4 heteroatoms. The molecular formula is C15H25N3O. The van der Waals surface area contributed by atoms with E-state index in [4.69, 9.17) is 5.73 Å². The number of nitrogens with two attached hydrogens (primary N) is 1. The zero-order valence-electron chi connectivity index (χ0n) is 12.2. The van der Waals surface area contributed by atoms with Gasteiger partial charge in [-0.2, -0.15) is 0 Å². The van der Waals surface area contributed by atoms with Crippen molar-refractivity contribution in [1.82, 2.24) is 4.98 Å². The maximum Gasteiger partial charge on any atom is 0.149 e. The Hall–Kier alpha value is -1.29. The molecule has 0 unspecified atom stereocenters. The second kappa shape index (κ2) is 5.00. The second-order valence-electron chi connectivity index (χ2n) is 6.63. The fourth-order valence-electron chi connectivity index (χ4n) is 2.53. The first kappa shape index (κ1) is 14.1. The quantitative estimate of drug-likeness (QED) is 0.784. The molecule has 4 N–H and O–H groups in total. The summed E-state index contributed by atoms with van der Waals surface area (Å²) in [6.07, 6.45) is 5.52. The van der Waals surface area contributed by atoms with E-state index in [1.165, 1.54) is 0 Å². The lowest BCUT2D eigenvalue weighted by Crippen LogP contribution is -2.42. The summed E-state index contributed by atoms with van der Waals surface area (Å²) in [5, 5.41) is 13.8. The third kappa shape index (κ3) is 3.38. The topological polar surface area (TPSA) is 71.2 Å². The summed E-state index contributed by atoms with van der Waals surface area (Å²) < 4.78 is 0. The summed E-state index contributed by atoms with van der Waals surface area (Å²) in [6.45, 7) is 7.00. The summed E-state index contributed by atoms with van der Waals surface area (Å²) in [5.41, 5.74) is 7.38. The van der Waals surface area contributed by atoms with Gasteiger partial charge in [0, 0.05) is 12.7 Å². The van der Waals surface area contributed by atoms with Gasteiger partial charge in [-0.1, -0.05) is 13.8 Å². The first-order valence-corrected chi connectivity index (χ1v) is 6.99. The summed E-state index contributed by atoms with van der Waals surface area (Å²) in [6, 6.07) is 1.89. The Labute approximate surface area is 115 Å². The highest BCUT2D eigenvalue weighted by Gasteiger charge is 2.36. The van der Waals surface area contributed by atoms with Crippen molar-refractivity contribution in [1.29, 1.82) is 0 Å². The fourth-order valence-corrected chi connectivity index (χ4v) is 2.53. The number of hydrogen-bond acceptors (Lipinski definition) is 4. The third-order valence-electron chi connectivity index (χ3n) is 4.33. The van der Waals surface area contributed by atoms with Crippen molar-refractivity contribution < 1.29 is 5.11 Å². The van der Waals surface area contributed by atoms with Crippen LogP contribution in [0, 0.1) is 12.3 Å². The average molecular weight is 263 g/mol. The molecule has 1 heterocycles. The van der Waals surface area contributed by atoms with E-state index in [0.29, 0.717) is 23.5 Å². The minimum Gasteiger partial charge on any atom is -0.396 e. The first-order chi connectivity index (χ1) is 8.81. The molecule has 0 aromatic carbocycles. The number of pyridine rings is 1. The van der Waals surface area contributed by atoms with Crippen molar-refractivity contribution in [3.8, 4) is 0 Å². The van der Waals surface area contributed by atoms with Crippen LogP contribution in [0.1, 0.15) is 45.1 Å². The Balaban J connectivity index is 1.97. The number of nitrogen functional groups attached to an aromatic ring is 1. The maximum atomic E-state index is 10.6. The van der Waals surface area contributed by atoms with E-state index in [2.05, 4.69) is 24.1 Å². The zero-order valence-corrected chi connectivity index (χ0v) is 12.2. The van der Waals surface area contributed by atoms with Crippen molar-refractivity contribution in [3.05, 3.63) is 17.8 Å². The summed E-state index contributed by atoms with van der Waals surface area (Å²) in [4.78, 5) is 4.24. The molecule has 106 valence electrons. The molecule has 1 aliphatic carbocycles. The molecule has 1 aromatic rings. The van der Waals surface area contributed by atoms with Gasteiger partial charge in [-0.15, -0.1) is 0 Å². The van der Waals surface area contributed by atoms with Gasteiger partial charge in [0.2, 0.25) is 0 Å². The highest BCUT2D eigenvalue weighted by Crippen LogP contribution is 2.40. The highest BCUT2D eigenvalue weighted by molar-refractivity contribution is 5.64. The van der Waals surface area contributed by atoms with Gasteiger partial charge < -0.3 is 16.2 Å². The maximum absolute atomic E-state index is 10.6. The Morgan fingerprint density at radius 2 is 1.95 bits per heavy atom. The number of rotatable bonds is 3. The van der Waals surface area contributed by atoms with Crippen LogP contribution < -0.4 is 11.1 Å². The lowest BCUT2D eigenvalue weighted by atomic mass is 9.71. The van der Waals surface area contributed by atoms with Gasteiger partial charge in [-0.25, -0.2) is 4.98 Å². The van der Waals surface area contributed by atoms with E-state index in [1.54, 1.807) is 6.20 Å². The Kier molecular flexibility index (Phi) is 3.72. The predicted molar refractivity (Wildman–Crippen MR) is 79.1 cm³/mol. The SMILES string of the molecule is Cc1ccnc(NCC2(O)CCC(C)(C)CC2)c1N. The van der Waals surface area contributed by atoms with Crippen LogP contribution in [0.25, 0.3) is 0 Å². The lowest BCUT2D eigenvalue weighted by Gasteiger charge is -2.40. The Bertz CT molecular complexity index is 447. The van der Waals surface area contributed by atoms with E-state index in [0.717, 1.165) is 31.2 Å². The van der Waals surface area contributed by atoms with Gasteiger partial charge in [0.25, 0.3) is 0 Å². The number of nitrogens with one attached hydrogen (secondary N) is 1. The Morgan fingerprint density at radius 1 is 1.32 bits per heavy atom. The van der Waals surface area contributed by atoms with Crippen LogP contribution in [0.15, 0.2) is 12.3 Å². The van der Waals surface area contributed by atoms with Gasteiger partial charge in [-0.3, -0.25) is 0 Å². The summed E-state index contributed by atoms with van der Waals surface area (Å²) in [7, 11) is 0. The smallest absolute Gasteiger partial charge is 0.149 e. The van der Waals surface area contributed by atoms with Crippen LogP contribution in [0.3, 0.4) is 0 Å². The van der Waals surface area contributed by atoms with E-state index >= 15 is 0 Å². The normalized spacial score (nSPS) is 21.1. The monoisotopic (exact) mass is 263 g/mol. The van der Waals surface area contributed by atoms with Gasteiger partial charge in [0.15, 0.2) is 0 Å². The summed E-state index contributed by atoms with van der Waals surface area (Å²) in [5.74, 6) is 0.679.